The van der Waals surface area contributed by atoms with Crippen LogP contribution in [-0.4, -0.2) is 34.8 Å². The zero-order valence-electron chi connectivity index (χ0n) is 5.20. The van der Waals surface area contributed by atoms with Crippen LogP contribution in [0.5, 0.6) is 0 Å². The van der Waals surface area contributed by atoms with Crippen molar-refractivity contribution in [3.05, 3.63) is 30.3 Å². The number of hydrogen-bond acceptors (Lipinski definition) is 1. The van der Waals surface area contributed by atoms with E-state index >= 15 is 0 Å². The third-order valence-electron chi connectivity index (χ3n) is 1.08. The molecule has 1 aromatic rings. The Bertz CT molecular complexity index is 210. The van der Waals surface area contributed by atoms with Gasteiger partial charge in [0.2, 0.25) is 0 Å². The second-order valence-corrected chi connectivity index (χ2v) is 8.52. The Kier molecular flexibility index (Phi) is 3.10. The summed E-state index contributed by atoms with van der Waals surface area (Å²) in [6.45, 7) is 0. The fourth-order valence-electron chi connectivity index (χ4n) is 0.612. The molecule has 42 valence electrons. The first-order chi connectivity index (χ1) is 4.30. The molecular formula is C6H5NaOSe. The maximum atomic E-state index is 10.9. The second-order valence-electron chi connectivity index (χ2n) is 1.77. The van der Waals surface area contributed by atoms with Crippen LogP contribution >= 0.6 is 0 Å². The molecule has 0 saturated heterocycles. The van der Waals surface area contributed by atoms with E-state index in [1.807, 2.05) is 30.3 Å². The summed E-state index contributed by atoms with van der Waals surface area (Å²) in [6, 6.07) is 9.68. The van der Waals surface area contributed by atoms with E-state index in [1.165, 1.54) is 0 Å². The Morgan fingerprint density at radius 3 is 2.11 bits per heavy atom. The molecule has 0 spiro atoms. The van der Waals surface area contributed by atoms with Crippen molar-refractivity contribution in [1.29, 1.82) is 0 Å². The molecule has 0 fully saturated rings. The fourth-order valence-corrected chi connectivity index (χ4v) is 3.16. The van der Waals surface area contributed by atoms with Gasteiger partial charge in [-0.15, -0.1) is 0 Å². The van der Waals surface area contributed by atoms with Crippen LogP contribution in [0, 0.1) is 0 Å². The molecule has 0 N–H and O–H groups in total. The van der Waals surface area contributed by atoms with E-state index < -0.39 is 9.39 Å². The molecule has 0 saturated carbocycles. The van der Waals surface area contributed by atoms with Crippen LogP contribution in [0.15, 0.2) is 30.3 Å². The van der Waals surface area contributed by atoms with Gasteiger partial charge in [0, 0.05) is 0 Å². The molecule has 0 amide bonds. The zero-order chi connectivity index (χ0) is 6.69. The van der Waals surface area contributed by atoms with E-state index in [-0.39, 0.29) is 0 Å². The number of benzene rings is 1. The van der Waals surface area contributed by atoms with E-state index in [0.717, 1.165) is 29.8 Å². The van der Waals surface area contributed by atoms with Crippen LogP contribution in [0.25, 0.3) is 0 Å². The van der Waals surface area contributed by atoms with Crippen molar-refractivity contribution >= 4 is 39.2 Å². The summed E-state index contributed by atoms with van der Waals surface area (Å²) in [5.41, 5.74) is 0. The molecule has 1 unspecified atom stereocenters. The van der Waals surface area contributed by atoms with Crippen LogP contribution in [0.1, 0.15) is 0 Å². The summed E-state index contributed by atoms with van der Waals surface area (Å²) in [6.07, 6.45) is 0. The van der Waals surface area contributed by atoms with Crippen molar-refractivity contribution in [2.45, 2.75) is 0 Å². The first kappa shape index (κ1) is 7.64. The van der Waals surface area contributed by atoms with Crippen molar-refractivity contribution in [1.82, 2.24) is 0 Å². The van der Waals surface area contributed by atoms with Crippen LogP contribution in [0.2, 0.25) is 0 Å². The van der Waals surface area contributed by atoms with Crippen molar-refractivity contribution in [3.63, 3.8) is 0 Å². The van der Waals surface area contributed by atoms with Gasteiger partial charge in [-0.05, 0) is 0 Å². The summed E-state index contributed by atoms with van der Waals surface area (Å²) in [5.74, 6) is 0. The Labute approximate surface area is 72.8 Å². The minimum atomic E-state index is -1.52. The average molecular weight is 195 g/mol. The average Bonchev–Trinajstić information content (AvgIpc) is 1.90. The molecule has 1 atom stereocenters. The first-order valence-electron chi connectivity index (χ1n) is 2.69. The minimum absolute atomic E-state index is 0.826. The Morgan fingerprint density at radius 2 is 1.78 bits per heavy atom. The van der Waals surface area contributed by atoms with Crippen molar-refractivity contribution in [3.8, 4) is 0 Å². The molecule has 0 aliphatic carbocycles. The normalized spacial score (nSPS) is 13.1. The van der Waals surface area contributed by atoms with E-state index in [9.17, 15) is 3.83 Å². The van der Waals surface area contributed by atoms with Crippen LogP contribution in [-0.2, 0) is 3.83 Å². The van der Waals surface area contributed by atoms with Gasteiger partial charge in [-0.25, -0.2) is 0 Å². The van der Waals surface area contributed by atoms with Gasteiger partial charge in [-0.2, -0.15) is 0 Å². The first-order valence-corrected chi connectivity index (χ1v) is 10.2. The van der Waals surface area contributed by atoms with Gasteiger partial charge >= 0.3 is 73.4 Å². The molecule has 0 aliphatic rings. The number of hydrogen-bond donors (Lipinski definition) is 0. The summed E-state index contributed by atoms with van der Waals surface area (Å²) in [7, 11) is -1.52. The second kappa shape index (κ2) is 3.65. The molecule has 0 radical (unpaired) electrons. The zero-order valence-corrected chi connectivity index (χ0v) is 8.92. The van der Waals surface area contributed by atoms with Gasteiger partial charge in [-0.3, -0.25) is 0 Å². The standard InChI is InChI=1S/C6H5OSe.Na/c7-8-6-4-2-1-3-5-6;/h1-5H;/q+1;-1. The summed E-state index contributed by atoms with van der Waals surface area (Å²) in [4.78, 5) is 0. The van der Waals surface area contributed by atoms with Crippen LogP contribution < -0.4 is 4.46 Å². The predicted molar refractivity (Wildman–Crippen MR) is 38.3 cm³/mol. The molecule has 1 rings (SSSR count). The molecule has 1 aromatic carbocycles. The van der Waals surface area contributed by atoms with Crippen molar-refractivity contribution < 1.29 is 3.83 Å². The molecule has 0 heterocycles. The van der Waals surface area contributed by atoms with Gasteiger partial charge in [0.05, 0.1) is 0 Å². The maximum absolute atomic E-state index is 10.9. The van der Waals surface area contributed by atoms with Crippen molar-refractivity contribution in [2.24, 2.45) is 0 Å². The topological polar surface area (TPSA) is 17.1 Å². The summed E-state index contributed by atoms with van der Waals surface area (Å²) in [5, 5.41) is 0. The summed E-state index contributed by atoms with van der Waals surface area (Å²) >= 11 is 0.826. The monoisotopic (exact) mass is 196 g/mol. The Balaban J connectivity index is 2.98. The molecule has 3 heteroatoms. The van der Waals surface area contributed by atoms with Gasteiger partial charge < -0.3 is 0 Å². The van der Waals surface area contributed by atoms with Crippen LogP contribution in [0.3, 0.4) is 0 Å². The van der Waals surface area contributed by atoms with E-state index in [1.54, 1.807) is 0 Å². The van der Waals surface area contributed by atoms with Gasteiger partial charge in [0.25, 0.3) is 0 Å². The molecule has 0 bridgehead atoms. The van der Waals surface area contributed by atoms with Gasteiger partial charge in [0.1, 0.15) is 0 Å². The van der Waals surface area contributed by atoms with E-state index in [2.05, 4.69) is 0 Å². The Hall–Kier alpha value is 0.539. The summed E-state index contributed by atoms with van der Waals surface area (Å²) < 4.78 is 12.0. The third-order valence-corrected chi connectivity index (χ3v) is 5.49. The molecular weight excluding hydrogens is 190 g/mol. The molecule has 0 aromatic heterocycles. The van der Waals surface area contributed by atoms with Crippen molar-refractivity contribution in [2.75, 3.05) is 0 Å². The predicted octanol–water partition coefficient (Wildman–Crippen LogP) is -0.0192. The van der Waals surface area contributed by atoms with E-state index in [4.69, 9.17) is 0 Å². The number of rotatable bonds is 1. The molecule has 0 aliphatic heterocycles. The quantitative estimate of drug-likeness (QED) is 0.575. The van der Waals surface area contributed by atoms with Gasteiger partial charge in [0.15, 0.2) is 0 Å². The van der Waals surface area contributed by atoms with E-state index in [0.29, 0.717) is 0 Å². The van der Waals surface area contributed by atoms with Crippen LogP contribution in [0.4, 0.5) is 0 Å². The molecule has 9 heavy (non-hydrogen) atoms. The van der Waals surface area contributed by atoms with Gasteiger partial charge in [-0.1, -0.05) is 0 Å². The SMILES string of the molecule is O=[Se]([Na])c1ccccc1. The Morgan fingerprint density at radius 1 is 1.22 bits per heavy atom. The fraction of sp³-hybridized carbons (Fsp3) is 0. The third kappa shape index (κ3) is 2.32. The molecule has 1 nitrogen and oxygen atoms in total.